The third-order valence-corrected chi connectivity index (χ3v) is 3.78. The average molecular weight is 297 g/mol. The number of benzene rings is 1. The van der Waals surface area contributed by atoms with Crippen LogP contribution in [0.1, 0.15) is 5.76 Å². The van der Waals surface area contributed by atoms with E-state index in [0.29, 0.717) is 0 Å². The second-order valence-electron chi connectivity index (χ2n) is 4.54. The lowest BCUT2D eigenvalue weighted by Crippen LogP contribution is -1.93. The molecule has 0 aliphatic heterocycles. The van der Waals surface area contributed by atoms with Crippen LogP contribution in [0.4, 0.5) is 11.5 Å². The fraction of sp³-hybridized carbons (Fsp3) is 0.125. The Morgan fingerprint density at radius 3 is 2.71 bits per heavy atom. The van der Waals surface area contributed by atoms with Gasteiger partial charge in [-0.25, -0.2) is 4.98 Å². The number of hydrogen-bond acceptors (Lipinski definition) is 5. The van der Waals surface area contributed by atoms with Crippen LogP contribution >= 0.6 is 11.8 Å². The topological polar surface area (TPSA) is 51.0 Å². The Kier molecular flexibility index (Phi) is 3.92. The van der Waals surface area contributed by atoms with Gasteiger partial charge in [0.1, 0.15) is 16.6 Å². The molecular formula is C16H15N3OS. The highest BCUT2D eigenvalue weighted by molar-refractivity contribution is 7.98. The molecule has 0 amide bonds. The van der Waals surface area contributed by atoms with E-state index in [9.17, 15) is 0 Å². The van der Waals surface area contributed by atoms with Crippen LogP contribution in [-0.2, 0) is 0 Å². The number of rotatable bonds is 4. The van der Waals surface area contributed by atoms with Crippen molar-refractivity contribution in [3.8, 4) is 11.1 Å². The quantitative estimate of drug-likeness (QED) is 0.718. The molecule has 0 unspecified atom stereocenters. The molecule has 0 fully saturated rings. The minimum atomic E-state index is 0.798. The maximum Gasteiger partial charge on any atom is 0.147 e. The van der Waals surface area contributed by atoms with E-state index >= 15 is 0 Å². The van der Waals surface area contributed by atoms with Crippen molar-refractivity contribution in [1.29, 1.82) is 0 Å². The minimum Gasteiger partial charge on any atom is -0.360 e. The molecule has 2 aromatic heterocycles. The van der Waals surface area contributed by atoms with Crippen LogP contribution in [0.3, 0.4) is 0 Å². The highest BCUT2D eigenvalue weighted by atomic mass is 32.2. The van der Waals surface area contributed by atoms with Crippen molar-refractivity contribution >= 4 is 23.3 Å². The summed E-state index contributed by atoms with van der Waals surface area (Å²) in [6.07, 6.45) is 3.78. The Morgan fingerprint density at radius 2 is 1.95 bits per heavy atom. The summed E-state index contributed by atoms with van der Waals surface area (Å²) in [5.41, 5.74) is 3.09. The first-order valence-electron chi connectivity index (χ1n) is 6.56. The number of thioether (sulfide) groups is 1. The molecule has 106 valence electrons. The summed E-state index contributed by atoms with van der Waals surface area (Å²) in [5.74, 6) is 1.61. The number of nitrogens with one attached hydrogen (secondary N) is 1. The lowest BCUT2D eigenvalue weighted by Gasteiger charge is -2.07. The molecule has 0 aliphatic carbocycles. The molecule has 5 heteroatoms. The van der Waals surface area contributed by atoms with Gasteiger partial charge in [0.15, 0.2) is 0 Å². The van der Waals surface area contributed by atoms with E-state index in [-0.39, 0.29) is 0 Å². The molecular weight excluding hydrogens is 282 g/mol. The van der Waals surface area contributed by atoms with Crippen LogP contribution in [-0.4, -0.2) is 16.4 Å². The van der Waals surface area contributed by atoms with Crippen molar-refractivity contribution in [3.05, 3.63) is 54.4 Å². The lowest BCUT2D eigenvalue weighted by atomic mass is 10.1. The highest BCUT2D eigenvalue weighted by Gasteiger charge is 2.14. The minimum absolute atomic E-state index is 0.798. The van der Waals surface area contributed by atoms with Gasteiger partial charge in [0, 0.05) is 11.9 Å². The Bertz CT molecular complexity index is 740. The smallest absolute Gasteiger partial charge is 0.147 e. The lowest BCUT2D eigenvalue weighted by molar-refractivity contribution is 0.384. The highest BCUT2D eigenvalue weighted by Crippen LogP contribution is 2.33. The molecule has 3 aromatic rings. The molecule has 3 rings (SSSR count). The van der Waals surface area contributed by atoms with Gasteiger partial charge >= 0.3 is 0 Å². The molecule has 0 radical (unpaired) electrons. The molecule has 4 nitrogen and oxygen atoms in total. The van der Waals surface area contributed by atoms with Gasteiger partial charge in [-0.2, -0.15) is 0 Å². The Labute approximate surface area is 127 Å². The summed E-state index contributed by atoms with van der Waals surface area (Å²) >= 11 is 1.58. The van der Waals surface area contributed by atoms with Crippen LogP contribution in [0, 0.1) is 6.92 Å². The molecule has 2 heterocycles. The van der Waals surface area contributed by atoms with Gasteiger partial charge in [-0.15, -0.1) is 11.8 Å². The van der Waals surface area contributed by atoms with Gasteiger partial charge in [-0.3, -0.25) is 0 Å². The Balaban J connectivity index is 1.95. The van der Waals surface area contributed by atoms with E-state index in [1.807, 2.05) is 55.6 Å². The number of anilines is 2. The standard InChI is InChI=1S/C16H15N3OS/c1-11-15(16(21-2)19-20-11)12-8-9-17-14(10-12)18-13-6-4-3-5-7-13/h3-10H,1-2H3,(H,17,18). The maximum absolute atomic E-state index is 5.29. The second kappa shape index (κ2) is 6.01. The largest absolute Gasteiger partial charge is 0.360 e. The normalized spacial score (nSPS) is 10.6. The number of pyridine rings is 1. The molecule has 1 aromatic carbocycles. The summed E-state index contributed by atoms with van der Waals surface area (Å²) in [6, 6.07) is 13.9. The van der Waals surface area contributed by atoms with Crippen LogP contribution in [0.25, 0.3) is 11.1 Å². The predicted octanol–water partition coefficient (Wildman–Crippen LogP) is 4.51. The van der Waals surface area contributed by atoms with E-state index in [1.165, 1.54) is 0 Å². The Morgan fingerprint density at radius 1 is 1.14 bits per heavy atom. The molecule has 0 atom stereocenters. The second-order valence-corrected chi connectivity index (χ2v) is 5.34. The average Bonchev–Trinajstić information content (AvgIpc) is 2.89. The number of nitrogens with zero attached hydrogens (tertiary/aromatic N) is 2. The first-order chi connectivity index (χ1) is 10.3. The zero-order valence-electron chi connectivity index (χ0n) is 11.8. The Hall–Kier alpha value is -2.27. The van der Waals surface area contributed by atoms with Gasteiger partial charge in [0.2, 0.25) is 0 Å². The molecule has 0 saturated heterocycles. The van der Waals surface area contributed by atoms with Crippen molar-refractivity contribution in [2.24, 2.45) is 0 Å². The van der Waals surface area contributed by atoms with Crippen LogP contribution in [0.5, 0.6) is 0 Å². The van der Waals surface area contributed by atoms with E-state index in [2.05, 4.69) is 15.5 Å². The van der Waals surface area contributed by atoms with Crippen molar-refractivity contribution in [1.82, 2.24) is 10.1 Å². The molecule has 1 N–H and O–H groups in total. The van der Waals surface area contributed by atoms with Crippen molar-refractivity contribution < 1.29 is 4.52 Å². The molecule has 0 aliphatic rings. The zero-order valence-corrected chi connectivity index (χ0v) is 12.6. The van der Waals surface area contributed by atoms with Gasteiger partial charge in [-0.1, -0.05) is 23.4 Å². The van der Waals surface area contributed by atoms with Crippen molar-refractivity contribution in [2.45, 2.75) is 11.9 Å². The van der Waals surface area contributed by atoms with Gasteiger partial charge in [0.25, 0.3) is 0 Å². The third kappa shape index (κ3) is 2.92. The summed E-state index contributed by atoms with van der Waals surface area (Å²) < 4.78 is 5.29. The molecule has 0 bridgehead atoms. The van der Waals surface area contributed by atoms with E-state index < -0.39 is 0 Å². The van der Waals surface area contributed by atoms with Gasteiger partial charge < -0.3 is 9.84 Å². The summed E-state index contributed by atoms with van der Waals surface area (Å²) in [7, 11) is 0. The number of aromatic nitrogens is 2. The van der Waals surface area contributed by atoms with Crippen LogP contribution in [0.2, 0.25) is 0 Å². The molecule has 0 spiro atoms. The number of para-hydroxylation sites is 1. The first-order valence-corrected chi connectivity index (χ1v) is 7.79. The molecule has 21 heavy (non-hydrogen) atoms. The summed E-state index contributed by atoms with van der Waals surface area (Å²) in [4.78, 5) is 4.36. The number of aryl methyl sites for hydroxylation is 1. The van der Waals surface area contributed by atoms with Crippen LogP contribution < -0.4 is 5.32 Å². The zero-order chi connectivity index (χ0) is 14.7. The summed E-state index contributed by atoms with van der Waals surface area (Å²) in [5, 5.41) is 8.26. The monoisotopic (exact) mass is 297 g/mol. The number of hydrogen-bond donors (Lipinski definition) is 1. The fourth-order valence-electron chi connectivity index (χ4n) is 2.14. The maximum atomic E-state index is 5.29. The van der Waals surface area contributed by atoms with Crippen LogP contribution in [0.15, 0.2) is 58.2 Å². The van der Waals surface area contributed by atoms with Gasteiger partial charge in [-0.05, 0) is 43.0 Å². The van der Waals surface area contributed by atoms with Crippen molar-refractivity contribution in [2.75, 3.05) is 11.6 Å². The third-order valence-electron chi connectivity index (χ3n) is 3.12. The first kappa shape index (κ1) is 13.7. The van der Waals surface area contributed by atoms with E-state index in [1.54, 1.807) is 18.0 Å². The fourth-order valence-corrected chi connectivity index (χ4v) is 2.72. The molecule has 0 saturated carbocycles. The predicted molar refractivity (Wildman–Crippen MR) is 86.0 cm³/mol. The van der Waals surface area contributed by atoms with E-state index in [4.69, 9.17) is 4.52 Å². The van der Waals surface area contributed by atoms with Crippen molar-refractivity contribution in [3.63, 3.8) is 0 Å². The van der Waals surface area contributed by atoms with E-state index in [0.717, 1.165) is 33.4 Å². The van der Waals surface area contributed by atoms with Gasteiger partial charge in [0.05, 0.1) is 5.56 Å². The summed E-state index contributed by atoms with van der Waals surface area (Å²) in [6.45, 7) is 1.92. The SMILES string of the molecule is CSc1noc(C)c1-c1ccnc(Nc2ccccc2)c1.